The van der Waals surface area contributed by atoms with Crippen molar-refractivity contribution in [1.29, 1.82) is 0 Å². The van der Waals surface area contributed by atoms with Crippen molar-refractivity contribution in [2.45, 2.75) is 10.9 Å². The molecule has 0 radical (unpaired) electrons. The molecule has 0 atom stereocenters. The highest BCUT2D eigenvalue weighted by Crippen LogP contribution is 2.27. The average molecular weight is 343 g/mol. The number of benzene rings is 2. The molecule has 3 aromatic rings. The standard InChI is InChI=1S/C18H21N3O2S/c1-21(10-11-22)13-23-17-9-5-2-6-14(17)12-24-18-19-15-7-3-4-8-16(15)20-18/h2-9,22H,10-13H2,1H3,(H,19,20). The summed E-state index contributed by atoms with van der Waals surface area (Å²) < 4.78 is 5.87. The van der Waals surface area contributed by atoms with E-state index in [1.807, 2.05) is 54.4 Å². The van der Waals surface area contributed by atoms with E-state index >= 15 is 0 Å². The van der Waals surface area contributed by atoms with Crippen molar-refractivity contribution in [1.82, 2.24) is 14.9 Å². The van der Waals surface area contributed by atoms with Gasteiger partial charge in [0, 0.05) is 17.9 Å². The summed E-state index contributed by atoms with van der Waals surface area (Å²) in [5, 5.41) is 9.85. The number of para-hydroxylation sites is 3. The molecule has 0 saturated carbocycles. The second-order valence-corrected chi connectivity index (χ2v) is 6.50. The zero-order valence-corrected chi connectivity index (χ0v) is 14.4. The van der Waals surface area contributed by atoms with Crippen molar-refractivity contribution in [2.75, 3.05) is 26.9 Å². The molecule has 0 amide bonds. The van der Waals surface area contributed by atoms with Crippen molar-refractivity contribution < 1.29 is 9.84 Å². The Morgan fingerprint density at radius 1 is 1.17 bits per heavy atom. The predicted octanol–water partition coefficient (Wildman–Crippen LogP) is 3.12. The van der Waals surface area contributed by atoms with E-state index in [0.717, 1.165) is 33.3 Å². The highest BCUT2D eigenvalue weighted by atomic mass is 32.2. The fourth-order valence-corrected chi connectivity index (χ4v) is 3.20. The van der Waals surface area contributed by atoms with Crippen LogP contribution in [-0.2, 0) is 5.75 Å². The first-order valence-electron chi connectivity index (χ1n) is 7.84. The van der Waals surface area contributed by atoms with Crippen LogP contribution in [0.25, 0.3) is 11.0 Å². The van der Waals surface area contributed by atoms with Gasteiger partial charge in [-0.1, -0.05) is 42.1 Å². The van der Waals surface area contributed by atoms with Gasteiger partial charge in [0.2, 0.25) is 0 Å². The minimum Gasteiger partial charge on any atom is -0.478 e. The molecule has 3 rings (SSSR count). The first-order chi connectivity index (χ1) is 11.8. The molecule has 0 aliphatic heterocycles. The highest BCUT2D eigenvalue weighted by molar-refractivity contribution is 7.98. The van der Waals surface area contributed by atoms with Crippen LogP contribution in [0.5, 0.6) is 5.75 Å². The SMILES string of the molecule is CN(CCO)COc1ccccc1CSc1nc2ccccc2[nH]1. The van der Waals surface area contributed by atoms with E-state index in [2.05, 4.69) is 16.0 Å². The number of aliphatic hydroxyl groups is 1. The van der Waals surface area contributed by atoms with Gasteiger partial charge in [-0.25, -0.2) is 4.98 Å². The topological polar surface area (TPSA) is 61.4 Å². The van der Waals surface area contributed by atoms with Gasteiger partial charge in [-0.05, 0) is 25.2 Å². The molecular formula is C18H21N3O2S. The van der Waals surface area contributed by atoms with E-state index in [1.54, 1.807) is 11.8 Å². The molecule has 2 aromatic carbocycles. The number of imidazole rings is 1. The number of aromatic nitrogens is 2. The van der Waals surface area contributed by atoms with E-state index in [9.17, 15) is 0 Å². The fraction of sp³-hybridized carbons (Fsp3) is 0.278. The maximum Gasteiger partial charge on any atom is 0.166 e. The Labute approximate surface area is 145 Å². The molecule has 5 nitrogen and oxygen atoms in total. The molecule has 0 saturated heterocycles. The Kier molecular flexibility index (Phi) is 5.74. The number of H-pyrrole nitrogens is 1. The molecule has 126 valence electrons. The zero-order chi connectivity index (χ0) is 16.8. The van der Waals surface area contributed by atoms with Crippen LogP contribution in [0, 0.1) is 0 Å². The molecule has 0 bridgehead atoms. The average Bonchev–Trinajstić information content (AvgIpc) is 3.02. The summed E-state index contributed by atoms with van der Waals surface area (Å²) >= 11 is 1.66. The maximum absolute atomic E-state index is 8.95. The molecule has 24 heavy (non-hydrogen) atoms. The Bertz CT molecular complexity index is 758. The minimum atomic E-state index is 0.128. The van der Waals surface area contributed by atoms with Gasteiger partial charge in [0.05, 0.1) is 17.6 Å². The summed E-state index contributed by atoms with van der Waals surface area (Å²) in [5.74, 6) is 1.64. The maximum atomic E-state index is 8.95. The largest absolute Gasteiger partial charge is 0.478 e. The van der Waals surface area contributed by atoms with Gasteiger partial charge in [-0.2, -0.15) is 0 Å². The normalized spacial score (nSPS) is 11.3. The molecule has 6 heteroatoms. The van der Waals surface area contributed by atoms with E-state index in [0.29, 0.717) is 13.3 Å². The van der Waals surface area contributed by atoms with E-state index < -0.39 is 0 Å². The van der Waals surface area contributed by atoms with Crippen molar-refractivity contribution in [3.63, 3.8) is 0 Å². The molecule has 0 spiro atoms. The van der Waals surface area contributed by atoms with Crippen molar-refractivity contribution in [2.24, 2.45) is 0 Å². The monoisotopic (exact) mass is 343 g/mol. The van der Waals surface area contributed by atoms with Crippen LogP contribution >= 0.6 is 11.8 Å². The van der Waals surface area contributed by atoms with Gasteiger partial charge in [-0.15, -0.1) is 0 Å². The van der Waals surface area contributed by atoms with Gasteiger partial charge in [0.15, 0.2) is 5.16 Å². The lowest BCUT2D eigenvalue weighted by molar-refractivity contribution is 0.127. The van der Waals surface area contributed by atoms with E-state index in [4.69, 9.17) is 9.84 Å². The van der Waals surface area contributed by atoms with Gasteiger partial charge in [0.25, 0.3) is 0 Å². The number of likely N-dealkylation sites (N-methyl/N-ethyl adjacent to an activating group) is 1. The summed E-state index contributed by atoms with van der Waals surface area (Å²) in [6.07, 6.45) is 0. The predicted molar refractivity (Wildman–Crippen MR) is 97.3 cm³/mol. The first-order valence-corrected chi connectivity index (χ1v) is 8.82. The van der Waals surface area contributed by atoms with Crippen LogP contribution in [0.3, 0.4) is 0 Å². The number of aliphatic hydroxyl groups excluding tert-OH is 1. The van der Waals surface area contributed by atoms with Gasteiger partial charge >= 0.3 is 0 Å². The molecule has 2 N–H and O–H groups in total. The zero-order valence-electron chi connectivity index (χ0n) is 13.6. The molecule has 1 heterocycles. The molecule has 0 aliphatic rings. The summed E-state index contributed by atoms with van der Waals surface area (Å²) in [6, 6.07) is 16.0. The van der Waals surface area contributed by atoms with Crippen LogP contribution in [0.2, 0.25) is 0 Å². The lowest BCUT2D eigenvalue weighted by Gasteiger charge is -2.17. The second kappa shape index (κ2) is 8.19. The molecule has 0 unspecified atom stereocenters. The van der Waals surface area contributed by atoms with Crippen LogP contribution in [-0.4, -0.2) is 46.9 Å². The first kappa shape index (κ1) is 16.8. The molecule has 1 aromatic heterocycles. The fourth-order valence-electron chi connectivity index (χ4n) is 2.32. The summed E-state index contributed by atoms with van der Waals surface area (Å²) in [4.78, 5) is 9.85. The van der Waals surface area contributed by atoms with E-state index in [1.165, 1.54) is 0 Å². The summed E-state index contributed by atoms with van der Waals surface area (Å²) in [7, 11) is 1.92. The summed E-state index contributed by atoms with van der Waals surface area (Å²) in [5.41, 5.74) is 3.16. The number of nitrogens with zero attached hydrogens (tertiary/aromatic N) is 2. The molecular weight excluding hydrogens is 322 g/mol. The highest BCUT2D eigenvalue weighted by Gasteiger charge is 2.08. The van der Waals surface area contributed by atoms with Crippen LogP contribution in [0.1, 0.15) is 5.56 Å². The quantitative estimate of drug-likeness (QED) is 0.486. The second-order valence-electron chi connectivity index (χ2n) is 5.53. The van der Waals surface area contributed by atoms with Gasteiger partial charge < -0.3 is 14.8 Å². The van der Waals surface area contributed by atoms with Gasteiger partial charge in [-0.3, -0.25) is 4.90 Å². The number of hydrogen-bond donors (Lipinski definition) is 2. The number of nitrogens with one attached hydrogen (secondary N) is 1. The van der Waals surface area contributed by atoms with Crippen molar-refractivity contribution >= 4 is 22.8 Å². The van der Waals surface area contributed by atoms with Crippen LogP contribution < -0.4 is 4.74 Å². The Morgan fingerprint density at radius 2 is 1.96 bits per heavy atom. The number of rotatable bonds is 8. The van der Waals surface area contributed by atoms with Crippen molar-refractivity contribution in [3.05, 3.63) is 54.1 Å². The van der Waals surface area contributed by atoms with Crippen LogP contribution in [0.15, 0.2) is 53.7 Å². The van der Waals surface area contributed by atoms with E-state index in [-0.39, 0.29) is 6.61 Å². The van der Waals surface area contributed by atoms with Crippen LogP contribution in [0.4, 0.5) is 0 Å². The lowest BCUT2D eigenvalue weighted by atomic mass is 10.2. The minimum absolute atomic E-state index is 0.128. The number of aromatic amines is 1. The number of thioether (sulfide) groups is 1. The number of ether oxygens (including phenoxy) is 1. The smallest absolute Gasteiger partial charge is 0.166 e. The molecule has 0 aliphatic carbocycles. The third-order valence-corrected chi connectivity index (χ3v) is 4.55. The number of hydrogen-bond acceptors (Lipinski definition) is 5. The number of fused-ring (bicyclic) bond motifs is 1. The summed E-state index contributed by atoms with van der Waals surface area (Å²) in [6.45, 7) is 1.17. The third-order valence-electron chi connectivity index (χ3n) is 3.63. The third kappa shape index (κ3) is 4.29. The lowest BCUT2D eigenvalue weighted by Crippen LogP contribution is -2.26. The molecule has 0 fully saturated rings. The Morgan fingerprint density at radius 3 is 2.79 bits per heavy atom. The van der Waals surface area contributed by atoms with Gasteiger partial charge in [0.1, 0.15) is 12.5 Å². The Hall–Kier alpha value is -2.02. The Balaban J connectivity index is 1.64. The van der Waals surface area contributed by atoms with Crippen molar-refractivity contribution in [3.8, 4) is 5.75 Å².